The van der Waals surface area contributed by atoms with Crippen molar-refractivity contribution in [1.29, 1.82) is 0 Å². The lowest BCUT2D eigenvalue weighted by molar-refractivity contribution is -0.137. The van der Waals surface area contributed by atoms with Gasteiger partial charge in [-0.25, -0.2) is 4.79 Å². The molecule has 0 saturated heterocycles. The molecule has 0 bridgehead atoms. The Morgan fingerprint density at radius 2 is 1.41 bits per heavy atom. The predicted molar refractivity (Wildman–Crippen MR) is 106 cm³/mol. The van der Waals surface area contributed by atoms with Crippen molar-refractivity contribution in [1.82, 2.24) is 0 Å². The van der Waals surface area contributed by atoms with E-state index in [-0.39, 0.29) is 11.3 Å². The van der Waals surface area contributed by atoms with Crippen LogP contribution < -0.4 is 0 Å². The molecular weight excluding hydrogens is 449 g/mol. The zero-order valence-electron chi connectivity index (χ0n) is 14.9. The number of carbonyl (C=O) groups excluding carboxylic acids is 2. The van der Waals surface area contributed by atoms with E-state index >= 15 is 0 Å². The number of alkyl halides is 3. The summed E-state index contributed by atoms with van der Waals surface area (Å²) >= 11 is 3.27. The number of hydrogen-bond donors (Lipinski definition) is 0. The smallest absolute Gasteiger partial charge is 0.416 e. The number of halogens is 4. The van der Waals surface area contributed by atoms with Gasteiger partial charge < -0.3 is 4.74 Å². The normalized spacial score (nSPS) is 11.2. The van der Waals surface area contributed by atoms with E-state index in [1.807, 2.05) is 0 Å². The van der Waals surface area contributed by atoms with Crippen LogP contribution in [0.5, 0.6) is 0 Å². The summed E-state index contributed by atoms with van der Waals surface area (Å²) in [4.78, 5) is 24.8. The quantitative estimate of drug-likeness (QED) is 0.336. The van der Waals surface area contributed by atoms with E-state index in [0.29, 0.717) is 21.2 Å². The molecule has 0 aliphatic heterocycles. The summed E-state index contributed by atoms with van der Waals surface area (Å²) in [6, 6.07) is 17.6. The van der Waals surface area contributed by atoms with E-state index in [4.69, 9.17) is 4.74 Å². The minimum Gasteiger partial charge on any atom is -0.454 e. The minimum atomic E-state index is -4.44. The van der Waals surface area contributed by atoms with Crippen LogP contribution in [0.25, 0.3) is 11.1 Å². The molecule has 0 unspecified atom stereocenters. The third-order valence-corrected chi connectivity index (χ3v) is 4.87. The first kappa shape index (κ1) is 20.8. The Bertz CT molecular complexity index is 1040. The van der Waals surface area contributed by atoms with Gasteiger partial charge in [0.15, 0.2) is 6.61 Å². The fraction of sp³-hybridized carbons (Fsp3) is 0.0909. The highest BCUT2D eigenvalue weighted by atomic mass is 79.9. The third-order valence-electron chi connectivity index (χ3n) is 4.18. The summed E-state index contributed by atoms with van der Waals surface area (Å²) in [5.41, 5.74) is 0.617. The van der Waals surface area contributed by atoms with Crippen molar-refractivity contribution in [3.63, 3.8) is 0 Å². The summed E-state index contributed by atoms with van der Waals surface area (Å²) in [6.07, 6.45) is -4.44. The van der Waals surface area contributed by atoms with Crippen LogP contribution in [-0.4, -0.2) is 18.4 Å². The van der Waals surface area contributed by atoms with Gasteiger partial charge in [0.25, 0.3) is 0 Å². The lowest BCUT2D eigenvalue weighted by Crippen LogP contribution is -2.15. The van der Waals surface area contributed by atoms with Crippen LogP contribution in [0.2, 0.25) is 0 Å². The van der Waals surface area contributed by atoms with Crippen molar-refractivity contribution in [2.75, 3.05) is 6.61 Å². The number of ether oxygens (including phenoxy) is 1. The topological polar surface area (TPSA) is 43.4 Å². The molecule has 3 rings (SSSR count). The minimum absolute atomic E-state index is 0.159. The van der Waals surface area contributed by atoms with Gasteiger partial charge in [0.2, 0.25) is 5.78 Å². The van der Waals surface area contributed by atoms with Gasteiger partial charge in [0.1, 0.15) is 0 Å². The standard InChI is InChI=1S/C22H14BrF3O3/c23-19-8-4-3-7-18(19)20(27)13-29-21(28)17-6-2-1-5-16(17)14-9-11-15(12-10-14)22(24,25)26/h1-12H,13H2. The van der Waals surface area contributed by atoms with E-state index < -0.39 is 24.3 Å². The molecule has 3 aromatic carbocycles. The van der Waals surface area contributed by atoms with Crippen LogP contribution >= 0.6 is 15.9 Å². The van der Waals surface area contributed by atoms with Crippen molar-refractivity contribution < 1.29 is 27.5 Å². The molecule has 0 heterocycles. The molecule has 0 aliphatic carbocycles. The number of esters is 1. The SMILES string of the molecule is O=C(COC(=O)c1ccccc1-c1ccc(C(F)(F)F)cc1)c1ccccc1Br. The zero-order chi connectivity index (χ0) is 21.0. The maximum Gasteiger partial charge on any atom is 0.416 e. The Morgan fingerprint density at radius 3 is 2.03 bits per heavy atom. The fourth-order valence-electron chi connectivity index (χ4n) is 2.73. The number of benzene rings is 3. The number of hydrogen-bond acceptors (Lipinski definition) is 3. The summed E-state index contributed by atoms with van der Waals surface area (Å²) < 4.78 is 44.0. The molecule has 0 N–H and O–H groups in total. The maximum atomic E-state index is 12.8. The molecule has 0 radical (unpaired) electrons. The molecule has 0 fully saturated rings. The number of Topliss-reactive ketones (excluding diaryl/α,β-unsaturated/α-hetero) is 1. The number of ketones is 1. The summed E-state index contributed by atoms with van der Waals surface area (Å²) in [7, 11) is 0. The second-order valence-corrected chi connectivity index (χ2v) is 6.95. The Kier molecular flexibility index (Phi) is 6.17. The number of rotatable bonds is 5. The van der Waals surface area contributed by atoms with Gasteiger partial charge in [-0.3, -0.25) is 4.79 Å². The fourth-order valence-corrected chi connectivity index (χ4v) is 3.23. The molecular formula is C22H14BrF3O3. The Labute approximate surface area is 173 Å². The van der Waals surface area contributed by atoms with Crippen molar-refractivity contribution in [3.05, 3.63) is 94.0 Å². The van der Waals surface area contributed by atoms with Gasteiger partial charge in [-0.15, -0.1) is 0 Å². The summed E-state index contributed by atoms with van der Waals surface area (Å²) in [6.45, 7) is -0.456. The molecule has 0 spiro atoms. The highest BCUT2D eigenvalue weighted by molar-refractivity contribution is 9.10. The summed E-state index contributed by atoms with van der Waals surface area (Å²) in [5.74, 6) is -1.11. The molecule has 0 saturated carbocycles. The second kappa shape index (κ2) is 8.61. The van der Waals surface area contributed by atoms with Crippen LogP contribution in [0.3, 0.4) is 0 Å². The van der Waals surface area contributed by atoms with E-state index in [0.717, 1.165) is 12.1 Å². The Balaban J connectivity index is 1.79. The van der Waals surface area contributed by atoms with Gasteiger partial charge in [-0.2, -0.15) is 13.2 Å². The molecule has 0 aromatic heterocycles. The van der Waals surface area contributed by atoms with Crippen LogP contribution in [-0.2, 0) is 10.9 Å². The van der Waals surface area contributed by atoms with Gasteiger partial charge in [0.05, 0.1) is 11.1 Å². The highest BCUT2D eigenvalue weighted by Gasteiger charge is 2.30. The van der Waals surface area contributed by atoms with E-state index in [1.54, 1.807) is 42.5 Å². The molecule has 148 valence electrons. The van der Waals surface area contributed by atoms with Crippen molar-refractivity contribution in [2.24, 2.45) is 0 Å². The lowest BCUT2D eigenvalue weighted by atomic mass is 9.98. The largest absolute Gasteiger partial charge is 0.454 e. The molecule has 3 aromatic rings. The molecule has 0 amide bonds. The van der Waals surface area contributed by atoms with Crippen LogP contribution in [0.15, 0.2) is 77.3 Å². The predicted octanol–water partition coefficient (Wildman–Crippen LogP) is 6.17. The van der Waals surface area contributed by atoms with Crippen LogP contribution in [0.4, 0.5) is 13.2 Å². The van der Waals surface area contributed by atoms with E-state index in [9.17, 15) is 22.8 Å². The molecule has 3 nitrogen and oxygen atoms in total. The highest BCUT2D eigenvalue weighted by Crippen LogP contribution is 2.32. The Hall–Kier alpha value is -2.93. The first-order valence-corrected chi connectivity index (χ1v) is 9.28. The van der Waals surface area contributed by atoms with Crippen LogP contribution in [0, 0.1) is 0 Å². The Morgan fingerprint density at radius 1 is 0.828 bits per heavy atom. The van der Waals surface area contributed by atoms with Gasteiger partial charge in [0, 0.05) is 10.0 Å². The third kappa shape index (κ3) is 4.92. The van der Waals surface area contributed by atoms with Crippen molar-refractivity contribution in [2.45, 2.75) is 6.18 Å². The average Bonchev–Trinajstić information content (AvgIpc) is 2.71. The van der Waals surface area contributed by atoms with E-state index in [1.165, 1.54) is 18.2 Å². The van der Waals surface area contributed by atoms with Gasteiger partial charge in [-0.1, -0.05) is 64.5 Å². The summed E-state index contributed by atoms with van der Waals surface area (Å²) in [5, 5.41) is 0. The van der Waals surface area contributed by atoms with Gasteiger partial charge >= 0.3 is 12.1 Å². The average molecular weight is 463 g/mol. The molecule has 0 aliphatic rings. The lowest BCUT2D eigenvalue weighted by Gasteiger charge is -2.11. The first-order chi connectivity index (χ1) is 13.8. The monoisotopic (exact) mass is 462 g/mol. The van der Waals surface area contributed by atoms with Gasteiger partial charge in [-0.05, 0) is 35.4 Å². The van der Waals surface area contributed by atoms with E-state index in [2.05, 4.69) is 15.9 Å². The van der Waals surface area contributed by atoms with Crippen molar-refractivity contribution in [3.8, 4) is 11.1 Å². The van der Waals surface area contributed by atoms with Crippen molar-refractivity contribution >= 4 is 27.7 Å². The maximum absolute atomic E-state index is 12.8. The molecule has 0 atom stereocenters. The number of carbonyl (C=O) groups is 2. The first-order valence-electron chi connectivity index (χ1n) is 8.49. The molecule has 29 heavy (non-hydrogen) atoms. The second-order valence-electron chi connectivity index (χ2n) is 6.10. The zero-order valence-corrected chi connectivity index (χ0v) is 16.5. The van der Waals surface area contributed by atoms with Crippen LogP contribution in [0.1, 0.15) is 26.3 Å². The molecule has 7 heteroatoms.